The van der Waals surface area contributed by atoms with Gasteiger partial charge in [-0.15, -0.1) is 11.3 Å². The summed E-state index contributed by atoms with van der Waals surface area (Å²) in [7, 11) is 0. The first kappa shape index (κ1) is 15.3. The molecule has 1 aromatic heterocycles. The van der Waals surface area contributed by atoms with Gasteiger partial charge in [0, 0.05) is 26.3 Å². The Kier molecular flexibility index (Phi) is 4.53. The van der Waals surface area contributed by atoms with Crippen molar-refractivity contribution in [3.8, 4) is 0 Å². The number of hydrogen-bond donors (Lipinski definition) is 1. The summed E-state index contributed by atoms with van der Waals surface area (Å²) in [6.07, 6.45) is 2.51. The second-order valence-corrected chi connectivity index (χ2v) is 8.55. The zero-order valence-electron chi connectivity index (χ0n) is 12.8. The van der Waals surface area contributed by atoms with Crippen LogP contribution in [0, 0.1) is 13.8 Å². The topological polar surface area (TPSA) is 12.0 Å². The van der Waals surface area contributed by atoms with Crippen molar-refractivity contribution >= 4 is 27.3 Å². The molecule has 2 aromatic rings. The average Bonchev–Trinajstić information content (AvgIpc) is 2.72. The maximum absolute atomic E-state index is 3.80. The van der Waals surface area contributed by atoms with Gasteiger partial charge in [0.2, 0.25) is 0 Å². The fourth-order valence-electron chi connectivity index (χ4n) is 3.31. The highest BCUT2D eigenvalue weighted by Gasteiger charge is 2.31. The van der Waals surface area contributed by atoms with Crippen molar-refractivity contribution in [3.05, 3.63) is 55.7 Å². The maximum atomic E-state index is 3.80. The van der Waals surface area contributed by atoms with Gasteiger partial charge in [-0.3, -0.25) is 0 Å². The Morgan fingerprint density at radius 3 is 2.62 bits per heavy atom. The smallest absolute Gasteiger partial charge is 0.0305 e. The third-order valence-corrected chi connectivity index (χ3v) is 5.96. The van der Waals surface area contributed by atoms with Gasteiger partial charge in [0.15, 0.2) is 0 Å². The Hall–Kier alpha value is -0.640. The molecule has 1 unspecified atom stereocenters. The number of benzene rings is 1. The molecule has 1 heterocycles. The van der Waals surface area contributed by atoms with Crippen LogP contribution < -0.4 is 5.32 Å². The van der Waals surface area contributed by atoms with Crippen molar-refractivity contribution in [3.63, 3.8) is 0 Å². The number of rotatable bonds is 4. The third-order valence-electron chi connectivity index (χ3n) is 4.49. The van der Waals surface area contributed by atoms with E-state index in [1.807, 2.05) is 11.3 Å². The minimum absolute atomic E-state index is 0.461. The van der Waals surface area contributed by atoms with Gasteiger partial charge >= 0.3 is 0 Å². The van der Waals surface area contributed by atoms with Crippen LogP contribution >= 0.6 is 27.3 Å². The highest BCUT2D eigenvalue weighted by atomic mass is 79.9. The number of hydrogen-bond acceptors (Lipinski definition) is 2. The Morgan fingerprint density at radius 1 is 1.24 bits per heavy atom. The molecule has 1 N–H and O–H groups in total. The second-order valence-electron chi connectivity index (χ2n) is 6.18. The number of nitrogens with one attached hydrogen (secondary N) is 1. The monoisotopic (exact) mass is 363 g/mol. The van der Waals surface area contributed by atoms with Crippen molar-refractivity contribution in [2.24, 2.45) is 0 Å². The molecule has 0 bridgehead atoms. The van der Waals surface area contributed by atoms with Crippen LogP contribution in [0.4, 0.5) is 0 Å². The van der Waals surface area contributed by atoms with Crippen molar-refractivity contribution in [1.29, 1.82) is 0 Å². The molecule has 0 radical (unpaired) electrons. The van der Waals surface area contributed by atoms with E-state index < -0.39 is 0 Å². The molecule has 0 aliphatic heterocycles. The summed E-state index contributed by atoms with van der Waals surface area (Å²) < 4.78 is 1.19. The second kappa shape index (κ2) is 6.23. The molecule has 21 heavy (non-hydrogen) atoms. The molecule has 1 atom stereocenters. The summed E-state index contributed by atoms with van der Waals surface area (Å²) in [6, 6.07) is 12.2. The predicted octanol–water partition coefficient (Wildman–Crippen LogP) is 5.72. The lowest BCUT2D eigenvalue weighted by molar-refractivity contribution is 0.271. The van der Waals surface area contributed by atoms with E-state index in [9.17, 15) is 0 Å². The molecular formula is C18H22BrNS. The lowest BCUT2D eigenvalue weighted by atomic mass is 9.75. The van der Waals surface area contributed by atoms with Gasteiger partial charge in [0.05, 0.1) is 0 Å². The first-order valence-corrected chi connectivity index (χ1v) is 9.22. The maximum Gasteiger partial charge on any atom is 0.0305 e. The molecule has 1 aliphatic carbocycles. The molecule has 1 aromatic carbocycles. The van der Waals surface area contributed by atoms with Crippen LogP contribution in [-0.4, -0.2) is 6.04 Å². The summed E-state index contributed by atoms with van der Waals surface area (Å²) in [5.41, 5.74) is 2.95. The number of halogens is 1. The molecule has 1 fully saturated rings. The minimum atomic E-state index is 0.461. The molecule has 1 nitrogen and oxygen atoms in total. The number of thiophene rings is 1. The van der Waals surface area contributed by atoms with E-state index >= 15 is 0 Å². The summed E-state index contributed by atoms with van der Waals surface area (Å²) in [5.74, 6) is 0.720. The van der Waals surface area contributed by atoms with Crippen LogP contribution in [0.25, 0.3) is 0 Å². The van der Waals surface area contributed by atoms with Gasteiger partial charge in [-0.05, 0) is 68.9 Å². The highest BCUT2D eigenvalue weighted by Crippen LogP contribution is 2.39. The van der Waals surface area contributed by atoms with Gasteiger partial charge < -0.3 is 5.32 Å². The quantitative estimate of drug-likeness (QED) is 0.731. The van der Waals surface area contributed by atoms with Crippen LogP contribution in [0.2, 0.25) is 0 Å². The Morgan fingerprint density at radius 2 is 2.00 bits per heavy atom. The summed E-state index contributed by atoms with van der Waals surface area (Å²) in [4.78, 5) is 2.87. The van der Waals surface area contributed by atoms with E-state index in [1.54, 1.807) is 0 Å². The van der Waals surface area contributed by atoms with Gasteiger partial charge in [0.1, 0.15) is 0 Å². The lowest BCUT2D eigenvalue weighted by Crippen LogP contribution is -2.41. The molecular weight excluding hydrogens is 342 g/mol. The normalized spacial score (nSPS) is 22.9. The highest BCUT2D eigenvalue weighted by molar-refractivity contribution is 9.10. The third kappa shape index (κ3) is 3.41. The Labute approximate surface area is 139 Å². The van der Waals surface area contributed by atoms with E-state index in [0.29, 0.717) is 12.1 Å². The zero-order chi connectivity index (χ0) is 15.0. The van der Waals surface area contributed by atoms with Crippen LogP contribution in [0.15, 0.2) is 34.8 Å². The van der Waals surface area contributed by atoms with Gasteiger partial charge in [-0.1, -0.05) is 28.1 Å². The first-order valence-electron chi connectivity index (χ1n) is 7.61. The zero-order valence-corrected chi connectivity index (χ0v) is 15.2. The van der Waals surface area contributed by atoms with Crippen LogP contribution in [0.3, 0.4) is 0 Å². The fraction of sp³-hybridized carbons (Fsp3) is 0.444. The SMILES string of the molecule is Cc1cc(C(C)NC2CC(c3cccc(Br)c3)C2)c(C)s1. The van der Waals surface area contributed by atoms with Crippen molar-refractivity contribution in [1.82, 2.24) is 5.32 Å². The molecule has 1 aliphatic rings. The average molecular weight is 364 g/mol. The predicted molar refractivity (Wildman–Crippen MR) is 95.2 cm³/mol. The molecule has 0 spiro atoms. The summed E-state index contributed by atoms with van der Waals surface area (Å²) >= 11 is 5.47. The molecule has 1 saturated carbocycles. The molecule has 112 valence electrons. The number of aryl methyl sites for hydroxylation is 2. The van der Waals surface area contributed by atoms with Crippen molar-refractivity contribution < 1.29 is 0 Å². The minimum Gasteiger partial charge on any atom is -0.307 e. The van der Waals surface area contributed by atoms with Gasteiger partial charge in [-0.25, -0.2) is 0 Å². The van der Waals surface area contributed by atoms with Crippen molar-refractivity contribution in [2.75, 3.05) is 0 Å². The van der Waals surface area contributed by atoms with Gasteiger partial charge in [0.25, 0.3) is 0 Å². The van der Waals surface area contributed by atoms with Crippen molar-refractivity contribution in [2.45, 2.75) is 51.6 Å². The van der Waals surface area contributed by atoms with E-state index in [-0.39, 0.29) is 0 Å². The molecule has 3 rings (SSSR count). The van der Waals surface area contributed by atoms with E-state index in [4.69, 9.17) is 0 Å². The molecule has 3 heteroatoms. The fourth-order valence-corrected chi connectivity index (χ4v) is 4.75. The van der Waals surface area contributed by atoms with Crippen LogP contribution in [0.1, 0.15) is 52.6 Å². The summed E-state index contributed by atoms with van der Waals surface area (Å²) in [6.45, 7) is 6.72. The molecule has 0 amide bonds. The first-order chi connectivity index (χ1) is 10.0. The van der Waals surface area contributed by atoms with Gasteiger partial charge in [-0.2, -0.15) is 0 Å². The van der Waals surface area contributed by atoms with E-state index in [0.717, 1.165) is 5.92 Å². The Balaban J connectivity index is 1.56. The van der Waals surface area contributed by atoms with Crippen LogP contribution in [0.5, 0.6) is 0 Å². The standard InChI is InChI=1S/C18H22BrNS/c1-11-7-18(13(3)21-11)12(2)20-17-9-15(10-17)14-5-4-6-16(19)8-14/h4-8,12,15,17,20H,9-10H2,1-3H3. The summed E-state index contributed by atoms with van der Waals surface area (Å²) in [5, 5.41) is 3.80. The van der Waals surface area contributed by atoms with E-state index in [2.05, 4.69) is 72.3 Å². The largest absolute Gasteiger partial charge is 0.307 e. The lowest BCUT2D eigenvalue weighted by Gasteiger charge is -2.38. The molecule has 0 saturated heterocycles. The Bertz CT molecular complexity index is 628. The van der Waals surface area contributed by atoms with E-state index in [1.165, 1.54) is 38.2 Å². The van der Waals surface area contributed by atoms with Crippen LogP contribution in [-0.2, 0) is 0 Å².